The van der Waals surface area contributed by atoms with E-state index in [9.17, 15) is 9.90 Å². The smallest absolute Gasteiger partial charge is 0.112 e. The Morgan fingerprint density at radius 2 is 1.92 bits per heavy atom. The zero-order valence-corrected chi connectivity index (χ0v) is 6.88. The van der Waals surface area contributed by atoms with E-state index >= 15 is 0 Å². The number of aliphatic hydroxyl groups excluding tert-OH is 1. The highest BCUT2D eigenvalue weighted by atomic mass is 16.4. The number of carboxylic acid groups (broad SMARTS) is 1. The van der Waals surface area contributed by atoms with Gasteiger partial charge in [-0.05, 0) is 5.56 Å². The van der Waals surface area contributed by atoms with Crippen molar-refractivity contribution >= 4 is 5.97 Å². The summed E-state index contributed by atoms with van der Waals surface area (Å²) in [6.45, 7) is 0. The topological polar surface area (TPSA) is 86.4 Å². The van der Waals surface area contributed by atoms with Gasteiger partial charge < -0.3 is 20.7 Å². The highest BCUT2D eigenvalue weighted by molar-refractivity contribution is 5.71. The van der Waals surface area contributed by atoms with Crippen molar-refractivity contribution in [2.24, 2.45) is 5.73 Å². The van der Waals surface area contributed by atoms with Crippen molar-refractivity contribution in [2.75, 3.05) is 0 Å². The highest BCUT2D eigenvalue weighted by Crippen LogP contribution is 2.12. The number of nitrogens with two attached hydrogens (primary N) is 1. The summed E-state index contributed by atoms with van der Waals surface area (Å²) in [6, 6.07) is 7.58. The van der Waals surface area contributed by atoms with Gasteiger partial charge in [0, 0.05) is 0 Å². The predicted molar refractivity (Wildman–Crippen MR) is 44.4 cm³/mol. The molecule has 13 heavy (non-hydrogen) atoms. The molecule has 2 atom stereocenters. The number of aliphatic carboxylic acids is 1. The van der Waals surface area contributed by atoms with Crippen LogP contribution in [0.1, 0.15) is 11.6 Å². The molecule has 4 heteroatoms. The SMILES string of the molecule is N[C@@H](c1ccccc1)[C@@H](O)C(=O)[O-]. The van der Waals surface area contributed by atoms with E-state index < -0.39 is 18.1 Å². The summed E-state index contributed by atoms with van der Waals surface area (Å²) in [7, 11) is 0. The van der Waals surface area contributed by atoms with Crippen LogP contribution in [0.3, 0.4) is 0 Å². The number of aliphatic hydroxyl groups is 1. The van der Waals surface area contributed by atoms with Crippen LogP contribution in [0.15, 0.2) is 30.3 Å². The Morgan fingerprint density at radius 1 is 1.38 bits per heavy atom. The fraction of sp³-hybridized carbons (Fsp3) is 0.222. The number of hydrogen-bond acceptors (Lipinski definition) is 4. The molecule has 0 aliphatic heterocycles. The molecule has 1 aromatic rings. The molecule has 0 aromatic heterocycles. The molecule has 70 valence electrons. The molecule has 1 aromatic carbocycles. The van der Waals surface area contributed by atoms with Crippen molar-refractivity contribution in [1.82, 2.24) is 0 Å². The van der Waals surface area contributed by atoms with E-state index in [0.29, 0.717) is 5.56 Å². The van der Waals surface area contributed by atoms with Gasteiger partial charge in [-0.15, -0.1) is 0 Å². The summed E-state index contributed by atoms with van der Waals surface area (Å²) in [6.07, 6.45) is -1.66. The van der Waals surface area contributed by atoms with Gasteiger partial charge in [-0.25, -0.2) is 0 Å². The standard InChI is InChI=1S/C9H11NO3/c10-7(8(11)9(12)13)6-4-2-1-3-5-6/h1-5,7-8,11H,10H2,(H,12,13)/p-1/t7-,8+/m0/s1. The molecular formula is C9H10NO3-. The third kappa shape index (κ3) is 2.27. The summed E-state index contributed by atoms with van der Waals surface area (Å²) in [5, 5.41) is 19.3. The van der Waals surface area contributed by atoms with Crippen molar-refractivity contribution < 1.29 is 15.0 Å². The van der Waals surface area contributed by atoms with Crippen LogP contribution in [-0.4, -0.2) is 17.2 Å². The van der Waals surface area contributed by atoms with E-state index in [1.165, 1.54) is 0 Å². The van der Waals surface area contributed by atoms with E-state index in [1.54, 1.807) is 30.3 Å². The molecule has 0 radical (unpaired) electrons. The third-order valence-corrected chi connectivity index (χ3v) is 1.77. The van der Waals surface area contributed by atoms with Crippen LogP contribution in [0.4, 0.5) is 0 Å². The van der Waals surface area contributed by atoms with Gasteiger partial charge in [0.15, 0.2) is 0 Å². The second-order valence-corrected chi connectivity index (χ2v) is 2.70. The number of carboxylic acids is 1. The molecule has 0 fully saturated rings. The third-order valence-electron chi connectivity index (χ3n) is 1.77. The molecule has 0 heterocycles. The Bertz CT molecular complexity index is 286. The first-order chi connectivity index (χ1) is 6.13. The maximum atomic E-state index is 10.3. The molecule has 0 saturated heterocycles. The molecule has 0 unspecified atom stereocenters. The zero-order valence-electron chi connectivity index (χ0n) is 6.88. The molecule has 0 amide bonds. The molecule has 0 aliphatic rings. The van der Waals surface area contributed by atoms with Crippen molar-refractivity contribution in [2.45, 2.75) is 12.1 Å². The highest BCUT2D eigenvalue weighted by Gasteiger charge is 2.16. The van der Waals surface area contributed by atoms with E-state index in [0.717, 1.165) is 0 Å². The molecule has 0 spiro atoms. The van der Waals surface area contributed by atoms with E-state index in [2.05, 4.69) is 0 Å². The average Bonchev–Trinajstić information content (AvgIpc) is 2.17. The van der Waals surface area contributed by atoms with E-state index in [1.807, 2.05) is 0 Å². The number of benzene rings is 1. The molecular weight excluding hydrogens is 170 g/mol. The lowest BCUT2D eigenvalue weighted by Crippen LogP contribution is -2.42. The van der Waals surface area contributed by atoms with Gasteiger partial charge >= 0.3 is 0 Å². The second kappa shape index (κ2) is 4.02. The van der Waals surface area contributed by atoms with Crippen molar-refractivity contribution in [3.63, 3.8) is 0 Å². The lowest BCUT2D eigenvalue weighted by atomic mass is 10.0. The Labute approximate surface area is 75.6 Å². The van der Waals surface area contributed by atoms with Gasteiger partial charge in [0.05, 0.1) is 12.0 Å². The minimum absolute atomic E-state index is 0.569. The lowest BCUT2D eigenvalue weighted by Gasteiger charge is -2.19. The first kappa shape index (κ1) is 9.70. The number of carbonyl (C=O) groups is 1. The Hall–Kier alpha value is -1.39. The molecule has 4 nitrogen and oxygen atoms in total. The predicted octanol–water partition coefficient (Wildman–Crippen LogP) is -1.20. The minimum atomic E-state index is -1.66. The number of carbonyl (C=O) groups excluding carboxylic acids is 1. The largest absolute Gasteiger partial charge is 0.547 e. The number of hydrogen-bond donors (Lipinski definition) is 2. The first-order valence-corrected chi connectivity index (χ1v) is 3.82. The van der Waals surface area contributed by atoms with Gasteiger partial charge in [-0.3, -0.25) is 0 Å². The lowest BCUT2D eigenvalue weighted by molar-refractivity contribution is -0.315. The van der Waals surface area contributed by atoms with Crippen molar-refractivity contribution in [3.05, 3.63) is 35.9 Å². The normalized spacial score (nSPS) is 14.9. The summed E-state index contributed by atoms with van der Waals surface area (Å²) in [5.74, 6) is -1.56. The molecule has 0 saturated carbocycles. The second-order valence-electron chi connectivity index (χ2n) is 2.70. The monoisotopic (exact) mass is 180 g/mol. The number of rotatable bonds is 3. The van der Waals surface area contributed by atoms with Crippen molar-refractivity contribution in [3.8, 4) is 0 Å². The maximum absolute atomic E-state index is 10.3. The van der Waals surface area contributed by atoms with Gasteiger partial charge in [0.25, 0.3) is 0 Å². The van der Waals surface area contributed by atoms with Crippen LogP contribution in [0.25, 0.3) is 0 Å². The Balaban J connectivity index is 2.79. The average molecular weight is 180 g/mol. The van der Waals surface area contributed by atoms with Crippen molar-refractivity contribution in [1.29, 1.82) is 0 Å². The Morgan fingerprint density at radius 3 is 2.38 bits per heavy atom. The fourth-order valence-electron chi connectivity index (χ4n) is 1.00. The molecule has 0 aliphatic carbocycles. The summed E-state index contributed by atoms with van der Waals surface area (Å²) >= 11 is 0. The van der Waals surface area contributed by atoms with Crippen LogP contribution in [-0.2, 0) is 4.79 Å². The van der Waals surface area contributed by atoms with Gasteiger partial charge in [-0.2, -0.15) is 0 Å². The molecule has 3 N–H and O–H groups in total. The van der Waals surface area contributed by atoms with E-state index in [4.69, 9.17) is 10.8 Å². The molecule has 0 bridgehead atoms. The fourth-order valence-corrected chi connectivity index (χ4v) is 1.00. The minimum Gasteiger partial charge on any atom is -0.547 e. The van der Waals surface area contributed by atoms with E-state index in [-0.39, 0.29) is 0 Å². The van der Waals surface area contributed by atoms with Crippen LogP contribution in [0, 0.1) is 0 Å². The summed E-state index contributed by atoms with van der Waals surface area (Å²) in [4.78, 5) is 10.3. The van der Waals surface area contributed by atoms with Crippen LogP contribution < -0.4 is 10.8 Å². The van der Waals surface area contributed by atoms with Crippen LogP contribution in [0.5, 0.6) is 0 Å². The van der Waals surface area contributed by atoms with Gasteiger partial charge in [0.2, 0.25) is 0 Å². The zero-order chi connectivity index (χ0) is 9.84. The van der Waals surface area contributed by atoms with Crippen LogP contribution in [0.2, 0.25) is 0 Å². The van der Waals surface area contributed by atoms with Gasteiger partial charge in [0.1, 0.15) is 6.10 Å². The Kier molecular flexibility index (Phi) is 3.00. The molecule has 1 rings (SSSR count). The summed E-state index contributed by atoms with van der Waals surface area (Å²) in [5.41, 5.74) is 6.04. The van der Waals surface area contributed by atoms with Gasteiger partial charge in [-0.1, -0.05) is 30.3 Å². The van der Waals surface area contributed by atoms with Crippen LogP contribution >= 0.6 is 0 Å². The first-order valence-electron chi connectivity index (χ1n) is 3.82. The summed E-state index contributed by atoms with van der Waals surface area (Å²) < 4.78 is 0. The quantitative estimate of drug-likeness (QED) is 0.611. The maximum Gasteiger partial charge on any atom is 0.112 e.